The van der Waals surface area contributed by atoms with Crippen molar-refractivity contribution in [3.05, 3.63) is 58.0 Å². The quantitative estimate of drug-likeness (QED) is 0.671. The van der Waals surface area contributed by atoms with E-state index in [0.717, 1.165) is 24.5 Å². The third kappa shape index (κ3) is 3.85. The molecule has 1 N–H and O–H groups in total. The highest BCUT2D eigenvalue weighted by Crippen LogP contribution is 2.38. The van der Waals surface area contributed by atoms with Crippen molar-refractivity contribution in [3.8, 4) is 11.3 Å². The second-order valence-corrected chi connectivity index (χ2v) is 9.57. The number of aromatic nitrogens is 2. The van der Waals surface area contributed by atoms with Gasteiger partial charge < -0.3 is 14.3 Å². The molecular weight excluding hydrogens is 386 g/mol. The Bertz CT molecular complexity index is 1130. The molecule has 164 valence electrons. The van der Waals surface area contributed by atoms with Crippen LogP contribution < -0.4 is 5.56 Å². The number of aromatic amines is 1. The first-order valence-corrected chi connectivity index (χ1v) is 11.7. The van der Waals surface area contributed by atoms with Gasteiger partial charge in [-0.1, -0.05) is 19.9 Å². The molecule has 1 unspecified atom stereocenters. The summed E-state index contributed by atoms with van der Waals surface area (Å²) in [5, 5.41) is 1.32. The zero-order valence-corrected chi connectivity index (χ0v) is 18.9. The number of aryl methyl sites for hydroxylation is 1. The molecule has 2 aliphatic rings. The largest absolute Gasteiger partial charge is 0.380 e. The maximum absolute atomic E-state index is 11.9. The number of hydrogen-bond donors (Lipinski definition) is 1. The summed E-state index contributed by atoms with van der Waals surface area (Å²) in [5.41, 5.74) is 6.20. The van der Waals surface area contributed by atoms with E-state index in [2.05, 4.69) is 41.9 Å². The number of likely N-dealkylation sites (tertiary alicyclic amines) is 1. The van der Waals surface area contributed by atoms with E-state index in [9.17, 15) is 4.79 Å². The van der Waals surface area contributed by atoms with Gasteiger partial charge in [0.1, 0.15) is 0 Å². The molecule has 2 fully saturated rings. The van der Waals surface area contributed by atoms with Gasteiger partial charge in [0.25, 0.3) is 0 Å². The summed E-state index contributed by atoms with van der Waals surface area (Å²) < 4.78 is 7.25. The highest BCUT2D eigenvalue weighted by Gasteiger charge is 2.28. The molecule has 4 heterocycles. The van der Waals surface area contributed by atoms with Crippen LogP contribution in [0.5, 0.6) is 0 Å². The number of hydrogen-bond acceptors (Lipinski definition) is 3. The Morgan fingerprint density at radius 1 is 1.10 bits per heavy atom. The van der Waals surface area contributed by atoms with Gasteiger partial charge in [0.05, 0.1) is 12.3 Å². The number of rotatable bonds is 4. The molecule has 5 heteroatoms. The molecule has 1 atom stereocenters. The third-order valence-corrected chi connectivity index (χ3v) is 7.24. The fraction of sp³-hybridized carbons (Fsp3) is 0.500. The van der Waals surface area contributed by atoms with Gasteiger partial charge in [-0.2, -0.15) is 0 Å². The summed E-state index contributed by atoms with van der Waals surface area (Å²) in [6, 6.07) is 11.2. The van der Waals surface area contributed by atoms with Crippen LogP contribution in [0.25, 0.3) is 22.2 Å². The first-order chi connectivity index (χ1) is 15.0. The first kappa shape index (κ1) is 20.5. The molecule has 3 aromatic rings. The molecule has 2 saturated heterocycles. The van der Waals surface area contributed by atoms with Gasteiger partial charge in [-0.05, 0) is 73.5 Å². The van der Waals surface area contributed by atoms with E-state index in [0.29, 0.717) is 17.9 Å². The number of ether oxygens (including phenoxy) is 1. The lowest BCUT2D eigenvalue weighted by Crippen LogP contribution is -2.41. The SMILES string of the molecule is CC(C)c1c(-c2ccc(=O)n(C)c2)[nH]c2ccc(C3CCN(C4CCOC4)CC3)cc12. The minimum absolute atomic E-state index is 0.0174. The molecule has 0 radical (unpaired) electrons. The molecule has 5 nitrogen and oxygen atoms in total. The Balaban J connectivity index is 1.46. The van der Waals surface area contributed by atoms with E-state index in [1.165, 1.54) is 54.4 Å². The van der Waals surface area contributed by atoms with Crippen LogP contribution in [0.1, 0.15) is 56.1 Å². The normalized spacial score (nSPS) is 20.8. The van der Waals surface area contributed by atoms with Crippen LogP contribution in [0, 0.1) is 0 Å². The van der Waals surface area contributed by atoms with Crippen molar-refractivity contribution in [1.29, 1.82) is 0 Å². The highest BCUT2D eigenvalue weighted by atomic mass is 16.5. The van der Waals surface area contributed by atoms with E-state index in [1.807, 2.05) is 19.3 Å². The minimum Gasteiger partial charge on any atom is -0.380 e. The van der Waals surface area contributed by atoms with Gasteiger partial charge in [0, 0.05) is 48.4 Å². The lowest BCUT2D eigenvalue weighted by molar-refractivity contribution is 0.122. The topological polar surface area (TPSA) is 50.3 Å². The number of nitrogens with one attached hydrogen (secondary N) is 1. The minimum atomic E-state index is 0.0174. The molecular formula is C26H33N3O2. The lowest BCUT2D eigenvalue weighted by Gasteiger charge is -2.35. The summed E-state index contributed by atoms with van der Waals surface area (Å²) in [6.45, 7) is 8.68. The zero-order chi connectivity index (χ0) is 21.5. The van der Waals surface area contributed by atoms with Crippen molar-refractivity contribution in [2.75, 3.05) is 26.3 Å². The zero-order valence-electron chi connectivity index (χ0n) is 18.9. The van der Waals surface area contributed by atoms with Gasteiger partial charge in [-0.15, -0.1) is 0 Å². The number of pyridine rings is 1. The van der Waals surface area contributed by atoms with Gasteiger partial charge in [-0.25, -0.2) is 0 Å². The molecule has 0 amide bonds. The lowest BCUT2D eigenvalue weighted by atomic mass is 9.87. The molecule has 5 rings (SSSR count). The standard InChI is InChI=1S/C26H33N3O2/c1-17(2)25-22-14-19(18-8-11-29(12-9-18)21-10-13-31-16-21)4-6-23(22)27-26(25)20-5-7-24(30)28(3)15-20/h4-7,14-15,17-18,21,27H,8-13,16H2,1-3H3. The van der Waals surface area contributed by atoms with Gasteiger partial charge in [-0.3, -0.25) is 9.69 Å². The van der Waals surface area contributed by atoms with E-state index >= 15 is 0 Å². The predicted molar refractivity (Wildman–Crippen MR) is 126 cm³/mol. The Hall–Kier alpha value is -2.37. The van der Waals surface area contributed by atoms with Crippen LogP contribution in [-0.4, -0.2) is 46.8 Å². The summed E-state index contributed by atoms with van der Waals surface area (Å²) in [6.07, 6.45) is 5.56. The molecule has 0 aliphatic carbocycles. The molecule has 0 saturated carbocycles. The summed E-state index contributed by atoms with van der Waals surface area (Å²) >= 11 is 0. The van der Waals surface area contributed by atoms with Crippen molar-refractivity contribution in [3.63, 3.8) is 0 Å². The van der Waals surface area contributed by atoms with Crippen LogP contribution in [0.3, 0.4) is 0 Å². The Kier molecular flexibility index (Phi) is 5.49. The fourth-order valence-electron chi connectivity index (χ4n) is 5.46. The van der Waals surface area contributed by atoms with E-state index in [-0.39, 0.29) is 5.56 Å². The Labute approximate surface area is 184 Å². The number of benzene rings is 1. The van der Waals surface area contributed by atoms with Crippen molar-refractivity contribution >= 4 is 10.9 Å². The second-order valence-electron chi connectivity index (χ2n) is 9.57. The Morgan fingerprint density at radius 2 is 1.90 bits per heavy atom. The average molecular weight is 420 g/mol. The molecule has 31 heavy (non-hydrogen) atoms. The van der Waals surface area contributed by atoms with Crippen LogP contribution in [0.2, 0.25) is 0 Å². The van der Waals surface area contributed by atoms with E-state index < -0.39 is 0 Å². The van der Waals surface area contributed by atoms with Crippen molar-refractivity contribution in [1.82, 2.24) is 14.5 Å². The molecule has 0 bridgehead atoms. The summed E-state index contributed by atoms with van der Waals surface area (Å²) in [4.78, 5) is 18.1. The van der Waals surface area contributed by atoms with E-state index in [1.54, 1.807) is 10.6 Å². The summed E-state index contributed by atoms with van der Waals surface area (Å²) in [7, 11) is 1.81. The molecule has 2 aliphatic heterocycles. The number of fused-ring (bicyclic) bond motifs is 1. The van der Waals surface area contributed by atoms with Gasteiger partial charge in [0.15, 0.2) is 0 Å². The average Bonchev–Trinajstić information content (AvgIpc) is 3.43. The van der Waals surface area contributed by atoms with Crippen molar-refractivity contribution < 1.29 is 4.74 Å². The second kappa shape index (κ2) is 8.29. The monoisotopic (exact) mass is 419 g/mol. The maximum Gasteiger partial charge on any atom is 0.250 e. The highest BCUT2D eigenvalue weighted by molar-refractivity contribution is 5.91. The molecule has 0 spiro atoms. The van der Waals surface area contributed by atoms with Crippen LogP contribution in [0.4, 0.5) is 0 Å². The van der Waals surface area contributed by atoms with Crippen LogP contribution >= 0.6 is 0 Å². The van der Waals surface area contributed by atoms with Crippen molar-refractivity contribution in [2.45, 2.75) is 51.0 Å². The number of nitrogens with zero attached hydrogens (tertiary/aromatic N) is 2. The third-order valence-electron chi connectivity index (χ3n) is 7.24. The molecule has 1 aromatic carbocycles. The predicted octanol–water partition coefficient (Wildman–Crippen LogP) is 4.63. The van der Waals surface area contributed by atoms with Gasteiger partial charge in [0.2, 0.25) is 5.56 Å². The smallest absolute Gasteiger partial charge is 0.250 e. The number of piperidine rings is 1. The summed E-state index contributed by atoms with van der Waals surface area (Å²) in [5.74, 6) is 1.01. The van der Waals surface area contributed by atoms with Gasteiger partial charge >= 0.3 is 0 Å². The van der Waals surface area contributed by atoms with E-state index in [4.69, 9.17) is 4.74 Å². The Morgan fingerprint density at radius 3 is 2.58 bits per heavy atom. The fourth-order valence-corrected chi connectivity index (χ4v) is 5.46. The van der Waals surface area contributed by atoms with Crippen molar-refractivity contribution in [2.24, 2.45) is 7.05 Å². The number of H-pyrrole nitrogens is 1. The van der Waals surface area contributed by atoms with Crippen LogP contribution in [0.15, 0.2) is 41.3 Å². The maximum atomic E-state index is 11.9. The van der Waals surface area contributed by atoms with Crippen LogP contribution in [-0.2, 0) is 11.8 Å². The molecule has 2 aromatic heterocycles. The first-order valence-electron chi connectivity index (χ1n) is 11.7.